The lowest BCUT2D eigenvalue weighted by atomic mass is 9.86. The van der Waals surface area contributed by atoms with Crippen LogP contribution in [0.1, 0.15) is 81.7 Å². The van der Waals surface area contributed by atoms with Gasteiger partial charge >= 0.3 is 12.1 Å². The van der Waals surface area contributed by atoms with Crippen molar-refractivity contribution in [2.45, 2.75) is 83.9 Å². The summed E-state index contributed by atoms with van der Waals surface area (Å²) in [5.41, 5.74) is -0.386. The van der Waals surface area contributed by atoms with Gasteiger partial charge < -0.3 is 25.6 Å². The number of hydrogen-bond acceptors (Lipinski definition) is 7. The topological polar surface area (TPSA) is 138 Å². The van der Waals surface area contributed by atoms with Gasteiger partial charge in [0.1, 0.15) is 11.3 Å². The van der Waals surface area contributed by atoms with E-state index >= 15 is 0 Å². The number of carboxylic acid groups (broad SMARTS) is 1. The molecule has 0 aliphatic heterocycles. The molecule has 1 aromatic heterocycles. The van der Waals surface area contributed by atoms with Crippen molar-refractivity contribution in [1.82, 2.24) is 15.6 Å². The third kappa shape index (κ3) is 8.27. The standard InChI is InChI=1S/C18H27N3O6S.C2H6/c1-18(2,3)27-17(26)19-11-6-4-10(5-7-11)15-21-13(9-28-15)14(23)20-12(8-22)16(24)25;1-2/h9-12,22H,4-8H2,1-3H3,(H,19,26)(H,20,23)(H,24,25);1-2H3. The van der Waals surface area contributed by atoms with Crippen molar-refractivity contribution in [3.05, 3.63) is 16.1 Å². The molecule has 10 heteroatoms. The van der Waals surface area contributed by atoms with Gasteiger partial charge in [-0.2, -0.15) is 0 Å². The highest BCUT2D eigenvalue weighted by Crippen LogP contribution is 2.34. The molecule has 9 nitrogen and oxygen atoms in total. The van der Waals surface area contributed by atoms with E-state index in [1.165, 1.54) is 11.3 Å². The average Bonchev–Trinajstić information content (AvgIpc) is 3.16. The highest BCUT2D eigenvalue weighted by atomic mass is 32.1. The molecule has 1 aliphatic rings. The minimum absolute atomic E-state index is 0.0507. The van der Waals surface area contributed by atoms with Crippen LogP contribution in [0.25, 0.3) is 0 Å². The number of carbonyl (C=O) groups excluding carboxylic acids is 2. The minimum Gasteiger partial charge on any atom is -0.480 e. The Morgan fingerprint density at radius 1 is 1.23 bits per heavy atom. The van der Waals surface area contributed by atoms with Gasteiger partial charge in [-0.15, -0.1) is 11.3 Å². The molecular formula is C20H33N3O6S. The zero-order valence-corrected chi connectivity index (χ0v) is 19.0. The van der Waals surface area contributed by atoms with Crippen LogP contribution < -0.4 is 10.6 Å². The number of amides is 2. The predicted molar refractivity (Wildman–Crippen MR) is 114 cm³/mol. The fourth-order valence-electron chi connectivity index (χ4n) is 2.96. The lowest BCUT2D eigenvalue weighted by Crippen LogP contribution is -2.43. The quantitative estimate of drug-likeness (QED) is 0.530. The number of nitrogens with one attached hydrogen (secondary N) is 2. The van der Waals surface area contributed by atoms with Crippen molar-refractivity contribution >= 4 is 29.3 Å². The van der Waals surface area contributed by atoms with Crippen molar-refractivity contribution in [3.63, 3.8) is 0 Å². The molecule has 0 spiro atoms. The summed E-state index contributed by atoms with van der Waals surface area (Å²) in [5.74, 6) is -1.73. The first kappa shape index (κ1) is 25.8. The molecule has 1 aromatic rings. The molecule has 1 fully saturated rings. The highest BCUT2D eigenvalue weighted by Gasteiger charge is 2.28. The number of aliphatic carboxylic acids is 1. The molecular weight excluding hydrogens is 410 g/mol. The summed E-state index contributed by atoms with van der Waals surface area (Å²) in [6, 6.07) is -1.30. The molecule has 0 saturated heterocycles. The number of carbonyl (C=O) groups is 3. The molecule has 4 N–H and O–H groups in total. The van der Waals surface area contributed by atoms with E-state index in [0.717, 1.165) is 30.7 Å². The lowest BCUT2D eigenvalue weighted by Gasteiger charge is -2.29. The van der Waals surface area contributed by atoms with Crippen LogP contribution in [0.3, 0.4) is 0 Å². The molecule has 1 atom stereocenters. The maximum Gasteiger partial charge on any atom is 0.407 e. The molecule has 0 bridgehead atoms. The number of aliphatic hydroxyl groups is 1. The van der Waals surface area contributed by atoms with Crippen molar-refractivity contribution in [1.29, 1.82) is 0 Å². The Labute approximate surface area is 181 Å². The molecule has 0 radical (unpaired) electrons. The van der Waals surface area contributed by atoms with Gasteiger partial charge in [0.25, 0.3) is 5.91 Å². The van der Waals surface area contributed by atoms with Crippen molar-refractivity contribution < 1.29 is 29.3 Å². The second-order valence-electron chi connectivity index (χ2n) is 7.81. The van der Waals surface area contributed by atoms with E-state index in [2.05, 4.69) is 15.6 Å². The molecule has 170 valence electrons. The normalized spacial score (nSPS) is 19.7. The van der Waals surface area contributed by atoms with E-state index in [-0.39, 0.29) is 17.7 Å². The Bertz CT molecular complexity index is 708. The van der Waals surface area contributed by atoms with Crippen LogP contribution in [0.4, 0.5) is 4.79 Å². The number of aliphatic hydroxyl groups excluding tert-OH is 1. The Balaban J connectivity index is 0.00000218. The molecule has 0 aromatic carbocycles. The van der Waals surface area contributed by atoms with Crippen LogP contribution in [-0.4, -0.2) is 57.5 Å². The van der Waals surface area contributed by atoms with Gasteiger partial charge in [0.2, 0.25) is 0 Å². The smallest absolute Gasteiger partial charge is 0.407 e. The van der Waals surface area contributed by atoms with Gasteiger partial charge in [-0.3, -0.25) is 4.79 Å². The van der Waals surface area contributed by atoms with E-state index in [9.17, 15) is 14.4 Å². The number of thiazole rings is 1. The second kappa shape index (κ2) is 11.8. The third-order valence-corrected chi connectivity index (χ3v) is 5.35. The Morgan fingerprint density at radius 3 is 2.33 bits per heavy atom. The van der Waals surface area contributed by atoms with E-state index in [1.54, 1.807) is 5.38 Å². The molecule has 1 heterocycles. The van der Waals surface area contributed by atoms with Gasteiger partial charge in [-0.05, 0) is 46.5 Å². The van der Waals surface area contributed by atoms with Crippen LogP contribution in [0.15, 0.2) is 5.38 Å². The number of nitrogens with zero attached hydrogens (tertiary/aromatic N) is 1. The first-order chi connectivity index (χ1) is 14.1. The number of carboxylic acids is 1. The van der Waals surface area contributed by atoms with E-state index in [4.69, 9.17) is 14.9 Å². The van der Waals surface area contributed by atoms with Crippen LogP contribution >= 0.6 is 11.3 Å². The maximum atomic E-state index is 12.1. The molecule has 2 rings (SSSR count). The Kier molecular flexibility index (Phi) is 10.2. The fourth-order valence-corrected chi connectivity index (χ4v) is 3.93. The molecule has 1 saturated carbocycles. The second-order valence-corrected chi connectivity index (χ2v) is 8.70. The van der Waals surface area contributed by atoms with Gasteiger partial charge in [-0.25, -0.2) is 14.6 Å². The van der Waals surface area contributed by atoms with Crippen LogP contribution in [-0.2, 0) is 9.53 Å². The molecule has 1 aliphatic carbocycles. The van der Waals surface area contributed by atoms with Gasteiger partial charge in [-0.1, -0.05) is 13.8 Å². The Morgan fingerprint density at radius 2 is 1.83 bits per heavy atom. The number of ether oxygens (including phenoxy) is 1. The Hall–Kier alpha value is -2.20. The largest absolute Gasteiger partial charge is 0.480 e. The summed E-state index contributed by atoms with van der Waals surface area (Å²) < 4.78 is 5.27. The van der Waals surface area contributed by atoms with Gasteiger partial charge in [0.15, 0.2) is 6.04 Å². The number of aromatic nitrogens is 1. The summed E-state index contributed by atoms with van der Waals surface area (Å²) in [6.07, 6.45) is 2.81. The number of hydrogen-bond donors (Lipinski definition) is 4. The van der Waals surface area contributed by atoms with Crippen molar-refractivity contribution in [2.24, 2.45) is 0 Å². The maximum absolute atomic E-state index is 12.1. The third-order valence-electron chi connectivity index (χ3n) is 4.34. The van der Waals surface area contributed by atoms with Crippen LogP contribution in [0.2, 0.25) is 0 Å². The summed E-state index contributed by atoms with van der Waals surface area (Å²) in [7, 11) is 0. The number of alkyl carbamates (subject to hydrolysis) is 1. The summed E-state index contributed by atoms with van der Waals surface area (Å²) in [4.78, 5) is 39.2. The first-order valence-electron chi connectivity index (χ1n) is 10.2. The average molecular weight is 444 g/mol. The number of rotatable bonds is 6. The van der Waals surface area contributed by atoms with Crippen LogP contribution in [0, 0.1) is 0 Å². The summed E-state index contributed by atoms with van der Waals surface area (Å²) in [5, 5.41) is 25.4. The van der Waals surface area contributed by atoms with Crippen LogP contribution in [0.5, 0.6) is 0 Å². The molecule has 30 heavy (non-hydrogen) atoms. The summed E-state index contributed by atoms with van der Waals surface area (Å²) in [6.45, 7) is 8.77. The lowest BCUT2D eigenvalue weighted by molar-refractivity contribution is -0.140. The summed E-state index contributed by atoms with van der Waals surface area (Å²) >= 11 is 1.36. The highest BCUT2D eigenvalue weighted by molar-refractivity contribution is 7.09. The molecule has 2 amide bonds. The monoisotopic (exact) mass is 443 g/mol. The van der Waals surface area contributed by atoms with Crippen molar-refractivity contribution in [3.8, 4) is 0 Å². The van der Waals surface area contributed by atoms with Gasteiger partial charge in [0.05, 0.1) is 11.6 Å². The van der Waals surface area contributed by atoms with E-state index in [1.807, 2.05) is 34.6 Å². The van der Waals surface area contributed by atoms with E-state index < -0.39 is 36.2 Å². The minimum atomic E-state index is -1.35. The zero-order chi connectivity index (χ0) is 22.9. The zero-order valence-electron chi connectivity index (χ0n) is 18.2. The first-order valence-corrected chi connectivity index (χ1v) is 11.1. The van der Waals surface area contributed by atoms with Crippen molar-refractivity contribution in [2.75, 3.05) is 6.61 Å². The SMILES string of the molecule is CC.CC(C)(C)OC(=O)NC1CCC(c2nc(C(=O)NC(CO)C(=O)O)cs2)CC1. The molecule has 1 unspecified atom stereocenters. The predicted octanol–water partition coefficient (Wildman–Crippen LogP) is 2.90. The van der Waals surface area contributed by atoms with E-state index in [0.29, 0.717) is 0 Å². The van der Waals surface area contributed by atoms with Gasteiger partial charge in [0, 0.05) is 17.3 Å². The fraction of sp³-hybridized carbons (Fsp3) is 0.700.